The molecule has 1 atom stereocenters. The lowest BCUT2D eigenvalue weighted by molar-refractivity contribution is -0.309. The van der Waals surface area contributed by atoms with Crippen molar-refractivity contribution in [3.05, 3.63) is 69.2 Å². The van der Waals surface area contributed by atoms with Crippen LogP contribution in [0.2, 0.25) is 5.02 Å². The van der Waals surface area contributed by atoms with E-state index in [9.17, 15) is 19.5 Å². The predicted molar refractivity (Wildman–Crippen MR) is 123 cm³/mol. The Hall–Kier alpha value is -3.58. The number of benzene rings is 2. The minimum atomic E-state index is -1.38. The fourth-order valence-corrected chi connectivity index (χ4v) is 3.98. The summed E-state index contributed by atoms with van der Waals surface area (Å²) < 4.78 is 11.2. The fraction of sp³-hybridized carbons (Fsp3) is 0.240. The van der Waals surface area contributed by atoms with Gasteiger partial charge in [-0.25, -0.2) is 4.79 Å². The monoisotopic (exact) mass is 466 g/mol. The Morgan fingerprint density at radius 1 is 1.09 bits per heavy atom. The summed E-state index contributed by atoms with van der Waals surface area (Å²) in [6.45, 7) is 5.05. The average Bonchev–Trinajstić information content (AvgIpc) is 3.16. The zero-order chi connectivity index (χ0) is 23.9. The van der Waals surface area contributed by atoms with Gasteiger partial charge in [-0.15, -0.1) is 0 Å². The molecule has 1 amide bonds. The number of hydrogen-bond acceptors (Lipinski definition) is 6. The Labute approximate surface area is 194 Å². The number of furan rings is 1. The van der Waals surface area contributed by atoms with E-state index in [0.717, 1.165) is 16.5 Å². The average molecular weight is 467 g/mol. The molecule has 0 aliphatic rings. The highest BCUT2D eigenvalue weighted by Crippen LogP contribution is 2.35. The van der Waals surface area contributed by atoms with Crippen molar-refractivity contribution < 1.29 is 23.5 Å². The first-order valence-corrected chi connectivity index (χ1v) is 10.8. The van der Waals surface area contributed by atoms with Crippen molar-refractivity contribution in [2.45, 2.75) is 33.2 Å². The van der Waals surface area contributed by atoms with Crippen molar-refractivity contribution in [2.75, 3.05) is 0 Å². The molecule has 1 N–H and O–H groups in total. The van der Waals surface area contributed by atoms with Gasteiger partial charge in [0.1, 0.15) is 11.2 Å². The standard InChI is InChI=1S/C25H22ClNO6/c1-12(2)23(24(29)30)27-22(28)9-17-13(3)16-8-18-19(14-4-6-15(26)7-5-14)11-32-20(18)10-21(16)33-25(17)31/h4-8,10-12,23H,9H2,1-3H3,(H,27,28)(H,29,30)/p-1/t23-/m0/s1. The molecule has 0 bridgehead atoms. The van der Waals surface area contributed by atoms with Gasteiger partial charge in [-0.2, -0.15) is 0 Å². The summed E-state index contributed by atoms with van der Waals surface area (Å²) in [7, 11) is 0. The normalized spacial score (nSPS) is 12.4. The largest absolute Gasteiger partial charge is 0.548 e. The number of carbonyl (C=O) groups is 2. The second kappa shape index (κ2) is 8.75. The molecule has 0 fully saturated rings. The summed E-state index contributed by atoms with van der Waals surface area (Å²) in [5, 5.41) is 15.8. The number of hydrogen-bond donors (Lipinski definition) is 1. The van der Waals surface area contributed by atoms with E-state index in [1.54, 1.807) is 45.2 Å². The van der Waals surface area contributed by atoms with Gasteiger partial charge in [0.15, 0.2) is 0 Å². The van der Waals surface area contributed by atoms with E-state index in [-0.39, 0.29) is 17.9 Å². The highest BCUT2D eigenvalue weighted by atomic mass is 35.5. The van der Waals surface area contributed by atoms with Crippen LogP contribution in [0.4, 0.5) is 0 Å². The number of rotatable bonds is 6. The van der Waals surface area contributed by atoms with Gasteiger partial charge in [0.2, 0.25) is 5.91 Å². The van der Waals surface area contributed by atoms with Crippen LogP contribution in [0, 0.1) is 12.8 Å². The number of carboxylic acids is 1. The minimum Gasteiger partial charge on any atom is -0.548 e. The van der Waals surface area contributed by atoms with Crippen molar-refractivity contribution in [2.24, 2.45) is 5.92 Å². The third-order valence-corrected chi connectivity index (χ3v) is 5.96. The molecule has 4 aromatic rings. The van der Waals surface area contributed by atoms with E-state index < -0.39 is 23.5 Å². The zero-order valence-electron chi connectivity index (χ0n) is 18.2. The SMILES string of the molecule is Cc1c(CC(=O)N[C@H](C(=O)[O-])C(C)C)c(=O)oc2cc3occ(-c4ccc(Cl)cc4)c3cc12. The van der Waals surface area contributed by atoms with Crippen molar-refractivity contribution in [1.82, 2.24) is 5.32 Å². The van der Waals surface area contributed by atoms with E-state index in [2.05, 4.69) is 5.32 Å². The van der Waals surface area contributed by atoms with Crippen LogP contribution in [0.1, 0.15) is 25.0 Å². The number of halogens is 1. The smallest absolute Gasteiger partial charge is 0.340 e. The second-order valence-corrected chi connectivity index (χ2v) is 8.72. The maximum absolute atomic E-state index is 12.6. The van der Waals surface area contributed by atoms with Crippen LogP contribution in [0.25, 0.3) is 33.1 Å². The highest BCUT2D eigenvalue weighted by Gasteiger charge is 2.21. The third kappa shape index (κ3) is 4.36. The number of nitrogens with one attached hydrogen (secondary N) is 1. The second-order valence-electron chi connectivity index (χ2n) is 8.28. The molecule has 2 heterocycles. The van der Waals surface area contributed by atoms with Crippen LogP contribution in [0.5, 0.6) is 0 Å². The van der Waals surface area contributed by atoms with Crippen molar-refractivity contribution in [1.29, 1.82) is 0 Å². The minimum absolute atomic E-state index is 0.164. The molecular weight excluding hydrogens is 446 g/mol. The van der Waals surface area contributed by atoms with Gasteiger partial charge < -0.3 is 24.1 Å². The molecule has 2 aromatic carbocycles. The number of aliphatic carboxylic acids is 1. The maximum Gasteiger partial charge on any atom is 0.340 e. The lowest BCUT2D eigenvalue weighted by Gasteiger charge is -2.23. The molecule has 0 radical (unpaired) electrons. The summed E-state index contributed by atoms with van der Waals surface area (Å²) in [6, 6.07) is 9.69. The summed E-state index contributed by atoms with van der Waals surface area (Å²) in [6.07, 6.45) is 1.31. The van der Waals surface area contributed by atoms with Gasteiger partial charge in [-0.3, -0.25) is 4.79 Å². The van der Waals surface area contributed by atoms with Gasteiger partial charge >= 0.3 is 5.63 Å². The molecule has 0 spiro atoms. The molecule has 4 rings (SSSR count). The van der Waals surface area contributed by atoms with E-state index >= 15 is 0 Å². The molecule has 33 heavy (non-hydrogen) atoms. The van der Waals surface area contributed by atoms with E-state index in [4.69, 9.17) is 20.4 Å². The van der Waals surface area contributed by atoms with Gasteiger partial charge in [0.05, 0.1) is 30.3 Å². The maximum atomic E-state index is 12.6. The lowest BCUT2D eigenvalue weighted by Crippen LogP contribution is -2.51. The highest BCUT2D eigenvalue weighted by molar-refractivity contribution is 6.30. The number of carbonyl (C=O) groups excluding carboxylic acids is 2. The van der Waals surface area contributed by atoms with Crippen LogP contribution in [0.15, 0.2) is 56.3 Å². The Balaban J connectivity index is 1.76. The molecule has 0 aliphatic carbocycles. The number of amides is 1. The number of aryl methyl sites for hydroxylation is 1. The zero-order valence-corrected chi connectivity index (χ0v) is 19.0. The van der Waals surface area contributed by atoms with Crippen molar-refractivity contribution in [3.63, 3.8) is 0 Å². The van der Waals surface area contributed by atoms with Gasteiger partial charge in [0, 0.05) is 27.4 Å². The van der Waals surface area contributed by atoms with Crippen LogP contribution >= 0.6 is 11.6 Å². The first-order valence-electron chi connectivity index (χ1n) is 10.4. The van der Waals surface area contributed by atoms with Crippen molar-refractivity contribution >= 4 is 45.4 Å². The quantitative estimate of drug-likeness (QED) is 0.434. The summed E-state index contributed by atoms with van der Waals surface area (Å²) in [5.41, 5.74) is 2.73. The molecule has 0 aliphatic heterocycles. The molecule has 0 unspecified atom stereocenters. The Morgan fingerprint density at radius 3 is 2.42 bits per heavy atom. The number of carboxylic acid groups (broad SMARTS) is 1. The topological polar surface area (TPSA) is 113 Å². The van der Waals surface area contributed by atoms with Crippen LogP contribution in [-0.4, -0.2) is 17.9 Å². The van der Waals surface area contributed by atoms with E-state index in [1.165, 1.54) is 0 Å². The first-order chi connectivity index (χ1) is 15.7. The molecule has 2 aromatic heterocycles. The van der Waals surface area contributed by atoms with E-state index in [1.807, 2.05) is 18.2 Å². The van der Waals surface area contributed by atoms with E-state index in [0.29, 0.717) is 27.1 Å². The summed E-state index contributed by atoms with van der Waals surface area (Å²) in [5.74, 6) is -2.34. The molecular formula is C25H21ClNO6-. The van der Waals surface area contributed by atoms with Crippen LogP contribution < -0.4 is 16.0 Å². The van der Waals surface area contributed by atoms with Crippen molar-refractivity contribution in [3.8, 4) is 11.1 Å². The molecule has 0 saturated heterocycles. The summed E-state index contributed by atoms with van der Waals surface area (Å²) >= 11 is 6.00. The summed E-state index contributed by atoms with van der Waals surface area (Å²) in [4.78, 5) is 36.4. The number of fused-ring (bicyclic) bond motifs is 2. The fourth-order valence-electron chi connectivity index (χ4n) is 3.85. The van der Waals surface area contributed by atoms with Gasteiger partial charge in [-0.05, 0) is 42.2 Å². The van der Waals surface area contributed by atoms with Gasteiger partial charge in [-0.1, -0.05) is 37.6 Å². The van der Waals surface area contributed by atoms with Gasteiger partial charge in [0.25, 0.3) is 0 Å². The lowest BCUT2D eigenvalue weighted by atomic mass is 9.99. The Bertz CT molecular complexity index is 1430. The van der Waals surface area contributed by atoms with Crippen LogP contribution in [0.3, 0.4) is 0 Å². The molecule has 7 nitrogen and oxygen atoms in total. The molecule has 0 saturated carbocycles. The Kier molecular flexibility index (Phi) is 5.99. The Morgan fingerprint density at radius 2 is 1.79 bits per heavy atom. The molecule has 8 heteroatoms. The first kappa shape index (κ1) is 22.6. The predicted octanol–water partition coefficient (Wildman–Crippen LogP) is 3.60. The van der Waals surface area contributed by atoms with Crippen LogP contribution in [-0.2, 0) is 16.0 Å². The molecule has 170 valence electrons. The third-order valence-electron chi connectivity index (χ3n) is 5.71.